The maximum absolute atomic E-state index is 11.1. The van der Waals surface area contributed by atoms with Crippen molar-refractivity contribution >= 4 is 5.97 Å². The molecule has 0 saturated carbocycles. The molecule has 0 atom stereocenters. The molecule has 92 valence electrons. The Kier molecular flexibility index (Phi) is 3.64. The zero-order chi connectivity index (χ0) is 12.3. The second-order valence-corrected chi connectivity index (χ2v) is 4.26. The van der Waals surface area contributed by atoms with Crippen molar-refractivity contribution in [2.75, 3.05) is 20.2 Å². The Balaban J connectivity index is 2.38. The molecular weight excluding hydrogens is 218 g/mol. The Morgan fingerprint density at radius 1 is 1.41 bits per heavy atom. The predicted octanol–water partition coefficient (Wildman–Crippen LogP) is 1.86. The van der Waals surface area contributed by atoms with Crippen LogP contribution in [0.2, 0.25) is 0 Å². The van der Waals surface area contributed by atoms with Crippen LogP contribution >= 0.6 is 0 Å². The zero-order valence-electron chi connectivity index (χ0n) is 9.90. The molecule has 2 N–H and O–H groups in total. The van der Waals surface area contributed by atoms with Gasteiger partial charge in [0.2, 0.25) is 0 Å². The minimum atomic E-state index is -0.933. The highest BCUT2D eigenvalue weighted by molar-refractivity contribution is 5.91. The first kappa shape index (κ1) is 11.9. The summed E-state index contributed by atoms with van der Waals surface area (Å²) in [6.07, 6.45) is 2.05. The van der Waals surface area contributed by atoms with Crippen molar-refractivity contribution in [1.29, 1.82) is 0 Å². The van der Waals surface area contributed by atoms with E-state index in [0.29, 0.717) is 11.7 Å². The van der Waals surface area contributed by atoms with E-state index in [-0.39, 0.29) is 5.56 Å². The van der Waals surface area contributed by atoms with Gasteiger partial charge in [0.25, 0.3) is 0 Å². The number of para-hydroxylation sites is 1. The lowest BCUT2D eigenvalue weighted by atomic mass is 9.88. The molecule has 1 fully saturated rings. The van der Waals surface area contributed by atoms with Gasteiger partial charge in [-0.3, -0.25) is 0 Å². The Labute approximate surface area is 101 Å². The van der Waals surface area contributed by atoms with E-state index in [0.717, 1.165) is 31.5 Å². The van der Waals surface area contributed by atoms with E-state index in [9.17, 15) is 4.79 Å². The van der Waals surface area contributed by atoms with Crippen molar-refractivity contribution in [3.63, 3.8) is 0 Å². The van der Waals surface area contributed by atoms with Gasteiger partial charge < -0.3 is 15.2 Å². The van der Waals surface area contributed by atoms with E-state index in [1.165, 1.54) is 7.11 Å². The number of carboxylic acid groups (broad SMARTS) is 1. The van der Waals surface area contributed by atoms with Gasteiger partial charge in [-0.15, -0.1) is 0 Å². The Bertz CT molecular complexity index is 411. The van der Waals surface area contributed by atoms with E-state index in [2.05, 4.69) is 5.32 Å². The van der Waals surface area contributed by atoms with E-state index in [1.807, 2.05) is 6.07 Å². The molecule has 1 saturated heterocycles. The molecule has 1 aromatic carbocycles. The summed E-state index contributed by atoms with van der Waals surface area (Å²) in [4.78, 5) is 11.1. The molecular formula is C13H17NO3. The van der Waals surface area contributed by atoms with Gasteiger partial charge in [0.1, 0.15) is 11.3 Å². The van der Waals surface area contributed by atoms with Gasteiger partial charge in [-0.05, 0) is 43.5 Å². The summed E-state index contributed by atoms with van der Waals surface area (Å²) in [5.74, 6) is -0.0185. The van der Waals surface area contributed by atoms with Crippen LogP contribution in [0.25, 0.3) is 0 Å². The monoisotopic (exact) mass is 235 g/mol. The molecule has 1 aromatic rings. The number of rotatable bonds is 3. The van der Waals surface area contributed by atoms with Crippen molar-refractivity contribution in [3.05, 3.63) is 29.3 Å². The molecule has 4 nitrogen and oxygen atoms in total. The summed E-state index contributed by atoms with van der Waals surface area (Å²) < 4.78 is 5.29. The number of hydrogen-bond donors (Lipinski definition) is 2. The number of ether oxygens (including phenoxy) is 1. The van der Waals surface area contributed by atoms with Gasteiger partial charge >= 0.3 is 5.97 Å². The molecule has 0 aromatic heterocycles. The molecule has 0 aliphatic carbocycles. The van der Waals surface area contributed by atoms with Gasteiger partial charge in [-0.25, -0.2) is 4.79 Å². The van der Waals surface area contributed by atoms with Gasteiger partial charge in [-0.2, -0.15) is 0 Å². The Morgan fingerprint density at radius 3 is 2.71 bits per heavy atom. The second-order valence-electron chi connectivity index (χ2n) is 4.26. The molecule has 2 rings (SSSR count). The zero-order valence-corrected chi connectivity index (χ0v) is 9.90. The van der Waals surface area contributed by atoms with Crippen molar-refractivity contribution in [3.8, 4) is 5.75 Å². The fraction of sp³-hybridized carbons (Fsp3) is 0.462. The lowest BCUT2D eigenvalue weighted by Gasteiger charge is -2.25. The van der Waals surface area contributed by atoms with Crippen molar-refractivity contribution < 1.29 is 14.6 Å². The smallest absolute Gasteiger partial charge is 0.339 e. The number of aromatic carboxylic acids is 1. The van der Waals surface area contributed by atoms with Gasteiger partial charge in [-0.1, -0.05) is 12.1 Å². The number of methoxy groups -OCH3 is 1. The van der Waals surface area contributed by atoms with Crippen LogP contribution in [0.15, 0.2) is 18.2 Å². The Morgan fingerprint density at radius 2 is 2.12 bits per heavy atom. The molecule has 17 heavy (non-hydrogen) atoms. The molecule has 1 aliphatic rings. The average molecular weight is 235 g/mol. The van der Waals surface area contributed by atoms with Crippen LogP contribution in [0, 0.1) is 0 Å². The summed E-state index contributed by atoms with van der Waals surface area (Å²) in [6, 6.07) is 5.36. The standard InChI is InChI=1S/C13H17NO3/c1-17-12-10(9-5-7-14-8-6-9)3-2-4-11(12)13(15)16/h2-4,9,14H,5-8H2,1H3,(H,15,16). The summed E-state index contributed by atoms with van der Waals surface area (Å²) >= 11 is 0. The Hall–Kier alpha value is -1.55. The highest BCUT2D eigenvalue weighted by atomic mass is 16.5. The summed E-state index contributed by atoms with van der Waals surface area (Å²) in [5.41, 5.74) is 1.28. The van der Waals surface area contributed by atoms with Crippen LogP contribution in [0.4, 0.5) is 0 Å². The van der Waals surface area contributed by atoms with E-state index >= 15 is 0 Å². The molecule has 0 unspecified atom stereocenters. The topological polar surface area (TPSA) is 58.6 Å². The number of carboxylic acids is 1. The van der Waals surface area contributed by atoms with Gasteiger partial charge in [0.05, 0.1) is 7.11 Å². The summed E-state index contributed by atoms with van der Waals surface area (Å²) in [6.45, 7) is 1.95. The lowest BCUT2D eigenvalue weighted by Crippen LogP contribution is -2.27. The number of benzene rings is 1. The minimum Gasteiger partial charge on any atom is -0.496 e. The van der Waals surface area contributed by atoms with E-state index in [4.69, 9.17) is 9.84 Å². The van der Waals surface area contributed by atoms with Gasteiger partial charge in [0.15, 0.2) is 0 Å². The van der Waals surface area contributed by atoms with Crippen molar-refractivity contribution in [2.24, 2.45) is 0 Å². The van der Waals surface area contributed by atoms with Crippen molar-refractivity contribution in [1.82, 2.24) is 5.32 Å². The number of carbonyl (C=O) groups is 1. The first-order valence-corrected chi connectivity index (χ1v) is 5.85. The lowest BCUT2D eigenvalue weighted by molar-refractivity contribution is 0.0693. The third kappa shape index (κ3) is 2.42. The number of piperidine rings is 1. The highest BCUT2D eigenvalue weighted by Crippen LogP contribution is 2.34. The number of hydrogen-bond acceptors (Lipinski definition) is 3. The minimum absolute atomic E-state index is 0.253. The fourth-order valence-corrected chi connectivity index (χ4v) is 2.41. The SMILES string of the molecule is COc1c(C(=O)O)cccc1C1CCNCC1. The molecule has 0 bridgehead atoms. The molecule has 1 heterocycles. The fourth-order valence-electron chi connectivity index (χ4n) is 2.41. The van der Waals surface area contributed by atoms with Crippen molar-refractivity contribution in [2.45, 2.75) is 18.8 Å². The van der Waals surface area contributed by atoms with Crippen LogP contribution in [-0.4, -0.2) is 31.3 Å². The third-order valence-electron chi connectivity index (χ3n) is 3.26. The number of nitrogens with one attached hydrogen (secondary N) is 1. The maximum atomic E-state index is 11.1. The second kappa shape index (κ2) is 5.19. The van der Waals surface area contributed by atoms with E-state index < -0.39 is 5.97 Å². The van der Waals surface area contributed by atoms with Crippen LogP contribution in [0.1, 0.15) is 34.7 Å². The molecule has 0 amide bonds. The van der Waals surface area contributed by atoms with Crippen LogP contribution < -0.4 is 10.1 Å². The van der Waals surface area contributed by atoms with Crippen LogP contribution in [0.5, 0.6) is 5.75 Å². The molecule has 0 spiro atoms. The predicted molar refractivity (Wildman–Crippen MR) is 64.8 cm³/mol. The van der Waals surface area contributed by atoms with E-state index in [1.54, 1.807) is 12.1 Å². The normalized spacial score (nSPS) is 16.8. The largest absolute Gasteiger partial charge is 0.496 e. The van der Waals surface area contributed by atoms with Gasteiger partial charge in [0, 0.05) is 0 Å². The summed E-state index contributed by atoms with van der Waals surface area (Å²) in [7, 11) is 1.53. The molecule has 4 heteroatoms. The van der Waals surface area contributed by atoms with Crippen LogP contribution in [-0.2, 0) is 0 Å². The first-order chi connectivity index (χ1) is 8.24. The highest BCUT2D eigenvalue weighted by Gasteiger charge is 2.22. The average Bonchev–Trinajstić information content (AvgIpc) is 2.38. The third-order valence-corrected chi connectivity index (χ3v) is 3.26. The quantitative estimate of drug-likeness (QED) is 0.839. The summed E-state index contributed by atoms with van der Waals surface area (Å²) in [5, 5.41) is 12.4. The molecule has 1 aliphatic heterocycles. The molecule has 0 radical (unpaired) electrons. The first-order valence-electron chi connectivity index (χ1n) is 5.85. The van der Waals surface area contributed by atoms with Crippen LogP contribution in [0.3, 0.4) is 0 Å². The maximum Gasteiger partial charge on any atom is 0.339 e.